The van der Waals surface area contributed by atoms with E-state index < -0.39 is 0 Å². The number of hydrogen-bond acceptors (Lipinski definition) is 7. The molecule has 0 aliphatic carbocycles. The predicted octanol–water partition coefficient (Wildman–Crippen LogP) is 2.54. The second-order valence-corrected chi connectivity index (χ2v) is 6.39. The predicted molar refractivity (Wildman–Crippen MR) is 100.0 cm³/mol. The Hall–Kier alpha value is -3.42. The fraction of sp³-hybridized carbons (Fsp3) is 0.300. The number of aromatic nitrogens is 3. The van der Waals surface area contributed by atoms with E-state index in [0.717, 1.165) is 11.3 Å². The highest BCUT2D eigenvalue weighted by molar-refractivity contribution is 5.78. The molecule has 3 aromatic rings. The van der Waals surface area contributed by atoms with Gasteiger partial charge in [-0.25, -0.2) is 0 Å². The molecule has 4 rings (SSSR count). The molecule has 0 radical (unpaired) electrons. The Morgan fingerprint density at radius 3 is 2.61 bits per heavy atom. The van der Waals surface area contributed by atoms with Crippen molar-refractivity contribution in [1.29, 1.82) is 0 Å². The van der Waals surface area contributed by atoms with E-state index in [9.17, 15) is 4.79 Å². The summed E-state index contributed by atoms with van der Waals surface area (Å²) in [6.07, 6.45) is 3.37. The third-order valence-electron chi connectivity index (χ3n) is 4.44. The maximum absolute atomic E-state index is 12.3. The molecule has 0 unspecified atom stereocenters. The molecule has 0 spiro atoms. The molecule has 3 heterocycles. The minimum Gasteiger partial charge on any atom is -0.494 e. The van der Waals surface area contributed by atoms with Crippen LogP contribution in [0.25, 0.3) is 11.4 Å². The zero-order valence-corrected chi connectivity index (χ0v) is 15.4. The Labute approximate surface area is 162 Å². The second-order valence-electron chi connectivity index (χ2n) is 6.39. The van der Waals surface area contributed by atoms with Gasteiger partial charge in [-0.2, -0.15) is 4.98 Å². The average molecular weight is 380 g/mol. The summed E-state index contributed by atoms with van der Waals surface area (Å²) in [7, 11) is 0. The van der Waals surface area contributed by atoms with Crippen LogP contribution in [-0.4, -0.2) is 52.2 Å². The van der Waals surface area contributed by atoms with Crippen molar-refractivity contribution in [2.45, 2.75) is 12.8 Å². The first-order valence-electron chi connectivity index (χ1n) is 9.10. The van der Waals surface area contributed by atoms with Crippen LogP contribution in [0, 0.1) is 0 Å². The number of likely N-dealkylation sites (tertiary alicyclic amines) is 1. The summed E-state index contributed by atoms with van der Waals surface area (Å²) in [5.41, 5.74) is 0.800. The quantitative estimate of drug-likeness (QED) is 0.622. The van der Waals surface area contributed by atoms with Crippen molar-refractivity contribution >= 4 is 5.91 Å². The van der Waals surface area contributed by atoms with Gasteiger partial charge in [0.1, 0.15) is 11.5 Å². The van der Waals surface area contributed by atoms with Crippen molar-refractivity contribution in [1.82, 2.24) is 20.0 Å². The molecule has 8 nitrogen and oxygen atoms in total. The van der Waals surface area contributed by atoms with Crippen LogP contribution in [0.5, 0.6) is 11.5 Å². The fourth-order valence-corrected chi connectivity index (χ4v) is 2.89. The SMILES string of the molecule is CCOc1ccc(OCC(=O)N2CC(c3nc(-c4cccnc4)no3)C2)cc1. The Morgan fingerprint density at radius 2 is 1.93 bits per heavy atom. The van der Waals surface area contributed by atoms with Gasteiger partial charge in [0.05, 0.1) is 12.5 Å². The lowest BCUT2D eigenvalue weighted by Crippen LogP contribution is -2.50. The number of nitrogens with zero attached hydrogens (tertiary/aromatic N) is 4. The first-order valence-corrected chi connectivity index (χ1v) is 9.10. The van der Waals surface area contributed by atoms with E-state index >= 15 is 0 Å². The average Bonchev–Trinajstić information content (AvgIpc) is 3.17. The summed E-state index contributed by atoms with van der Waals surface area (Å²) in [4.78, 5) is 22.5. The normalized spacial score (nSPS) is 13.8. The number of hydrogen-bond donors (Lipinski definition) is 0. The van der Waals surface area contributed by atoms with Crippen LogP contribution in [0.1, 0.15) is 18.7 Å². The summed E-state index contributed by atoms with van der Waals surface area (Å²) in [6, 6.07) is 10.9. The van der Waals surface area contributed by atoms with Gasteiger partial charge in [0.25, 0.3) is 5.91 Å². The van der Waals surface area contributed by atoms with Crippen LogP contribution in [0.3, 0.4) is 0 Å². The minimum absolute atomic E-state index is 0.00846. The first kappa shape index (κ1) is 18.0. The molecule has 1 aliphatic rings. The van der Waals surface area contributed by atoms with Gasteiger partial charge < -0.3 is 18.9 Å². The van der Waals surface area contributed by atoms with Crippen LogP contribution in [0.4, 0.5) is 0 Å². The standard InChI is InChI=1S/C20H20N4O4/c1-2-26-16-5-7-17(8-6-16)27-13-18(25)24-11-15(12-24)20-22-19(23-28-20)14-4-3-9-21-10-14/h3-10,15H,2,11-13H2,1H3. The molecular weight excluding hydrogens is 360 g/mol. The highest BCUT2D eigenvalue weighted by atomic mass is 16.5. The molecule has 1 amide bonds. The molecular formula is C20H20N4O4. The van der Waals surface area contributed by atoms with Crippen molar-refractivity contribution in [2.75, 3.05) is 26.3 Å². The van der Waals surface area contributed by atoms with Crippen molar-refractivity contribution in [2.24, 2.45) is 0 Å². The van der Waals surface area contributed by atoms with Gasteiger partial charge in [-0.1, -0.05) is 5.16 Å². The largest absolute Gasteiger partial charge is 0.494 e. The number of rotatable bonds is 7. The van der Waals surface area contributed by atoms with Gasteiger partial charge in [-0.3, -0.25) is 9.78 Å². The van der Waals surface area contributed by atoms with Gasteiger partial charge in [-0.15, -0.1) is 0 Å². The third kappa shape index (κ3) is 3.95. The highest BCUT2D eigenvalue weighted by Gasteiger charge is 2.35. The maximum atomic E-state index is 12.3. The molecule has 2 aromatic heterocycles. The molecule has 0 saturated carbocycles. The van der Waals surface area contributed by atoms with E-state index in [1.54, 1.807) is 29.4 Å². The summed E-state index contributed by atoms with van der Waals surface area (Å²) < 4.78 is 16.3. The monoisotopic (exact) mass is 380 g/mol. The Balaban J connectivity index is 1.26. The maximum Gasteiger partial charge on any atom is 0.260 e. The molecule has 28 heavy (non-hydrogen) atoms. The van der Waals surface area contributed by atoms with Gasteiger partial charge in [0.15, 0.2) is 6.61 Å². The van der Waals surface area contributed by atoms with Crippen molar-refractivity contribution in [3.63, 3.8) is 0 Å². The fourth-order valence-electron chi connectivity index (χ4n) is 2.89. The topological polar surface area (TPSA) is 90.6 Å². The van der Waals surface area contributed by atoms with Crippen LogP contribution >= 0.6 is 0 Å². The van der Waals surface area contributed by atoms with E-state index in [2.05, 4.69) is 15.1 Å². The lowest BCUT2D eigenvalue weighted by Gasteiger charge is -2.36. The molecule has 0 atom stereocenters. The van der Waals surface area contributed by atoms with Gasteiger partial charge in [-0.05, 0) is 43.3 Å². The minimum atomic E-state index is -0.0721. The molecule has 1 aliphatic heterocycles. The van der Waals surface area contributed by atoms with E-state index in [1.165, 1.54) is 0 Å². The van der Waals surface area contributed by atoms with Gasteiger partial charge in [0, 0.05) is 31.0 Å². The van der Waals surface area contributed by atoms with E-state index in [1.807, 2.05) is 31.2 Å². The molecule has 0 bridgehead atoms. The molecule has 0 N–H and O–H groups in total. The highest BCUT2D eigenvalue weighted by Crippen LogP contribution is 2.27. The van der Waals surface area contributed by atoms with E-state index in [0.29, 0.717) is 37.2 Å². The molecule has 1 fully saturated rings. The first-order chi connectivity index (χ1) is 13.7. The van der Waals surface area contributed by atoms with Crippen LogP contribution in [0.2, 0.25) is 0 Å². The van der Waals surface area contributed by atoms with Crippen LogP contribution in [-0.2, 0) is 4.79 Å². The summed E-state index contributed by atoms with van der Waals surface area (Å²) in [6.45, 7) is 3.61. The molecule has 144 valence electrons. The lowest BCUT2D eigenvalue weighted by atomic mass is 10.0. The number of ether oxygens (including phenoxy) is 2. The number of pyridine rings is 1. The van der Waals surface area contributed by atoms with Crippen molar-refractivity contribution in [3.8, 4) is 22.9 Å². The second kappa shape index (κ2) is 8.08. The zero-order valence-electron chi connectivity index (χ0n) is 15.4. The number of amides is 1. The number of carbonyl (C=O) groups excluding carboxylic acids is 1. The number of carbonyl (C=O) groups is 1. The van der Waals surface area contributed by atoms with Gasteiger partial charge in [0.2, 0.25) is 11.7 Å². The summed E-state index contributed by atoms with van der Waals surface area (Å²) in [5, 5.41) is 3.99. The molecule has 1 aromatic carbocycles. The summed E-state index contributed by atoms with van der Waals surface area (Å²) >= 11 is 0. The smallest absolute Gasteiger partial charge is 0.260 e. The van der Waals surface area contributed by atoms with Crippen molar-refractivity contribution < 1.29 is 18.8 Å². The third-order valence-corrected chi connectivity index (χ3v) is 4.44. The Morgan fingerprint density at radius 1 is 1.18 bits per heavy atom. The van der Waals surface area contributed by atoms with E-state index in [-0.39, 0.29) is 18.4 Å². The Kier molecular flexibility index (Phi) is 5.18. The summed E-state index contributed by atoms with van der Waals surface area (Å²) in [5.74, 6) is 2.43. The van der Waals surface area contributed by atoms with Gasteiger partial charge >= 0.3 is 0 Å². The molecule has 8 heteroatoms. The zero-order chi connectivity index (χ0) is 19.3. The molecule has 1 saturated heterocycles. The van der Waals surface area contributed by atoms with E-state index in [4.69, 9.17) is 14.0 Å². The van der Waals surface area contributed by atoms with Crippen LogP contribution < -0.4 is 9.47 Å². The van der Waals surface area contributed by atoms with Crippen molar-refractivity contribution in [3.05, 3.63) is 54.7 Å². The Bertz CT molecular complexity index is 921. The lowest BCUT2D eigenvalue weighted by molar-refractivity contribution is -0.138. The number of benzene rings is 1. The van der Waals surface area contributed by atoms with Crippen LogP contribution in [0.15, 0.2) is 53.3 Å².